The van der Waals surface area contributed by atoms with Gasteiger partial charge in [0.25, 0.3) is 5.78 Å². The van der Waals surface area contributed by atoms with Crippen LogP contribution >= 0.6 is 0 Å². The molecule has 4 rings (SSSR count). The van der Waals surface area contributed by atoms with Crippen molar-refractivity contribution >= 4 is 23.3 Å². The number of aryl methyl sites for hydroxylation is 1. The van der Waals surface area contributed by atoms with Crippen LogP contribution in [-0.4, -0.2) is 36.2 Å². The van der Waals surface area contributed by atoms with Gasteiger partial charge in [0.2, 0.25) is 0 Å². The van der Waals surface area contributed by atoms with Gasteiger partial charge < -0.3 is 19.1 Å². The molecule has 8 heteroatoms. The van der Waals surface area contributed by atoms with E-state index in [0.717, 1.165) is 0 Å². The third-order valence-corrected chi connectivity index (χ3v) is 5.10. The first-order chi connectivity index (χ1) is 15.0. The number of Topliss-reactive ketones (excluding diaryl/α,β-unsaturated/α-hetero) is 1. The van der Waals surface area contributed by atoms with Crippen LogP contribution < -0.4 is 14.4 Å². The lowest BCUT2D eigenvalue weighted by Crippen LogP contribution is -2.29. The van der Waals surface area contributed by atoms with Gasteiger partial charge in [-0.05, 0) is 37.3 Å². The fraction of sp³-hybridized carbons (Fsp3) is 0.174. The Labute approximate surface area is 178 Å². The summed E-state index contributed by atoms with van der Waals surface area (Å²) in [5, 5.41) is 15.0. The molecule has 1 aliphatic heterocycles. The first-order valence-corrected chi connectivity index (χ1v) is 9.48. The quantitative estimate of drug-likeness (QED) is 0.382. The molecular weight excluding hydrogens is 400 g/mol. The number of methoxy groups -OCH3 is 2. The molecule has 158 valence electrons. The van der Waals surface area contributed by atoms with Crippen LogP contribution in [0.15, 0.2) is 64.7 Å². The van der Waals surface area contributed by atoms with Crippen LogP contribution in [-0.2, 0) is 9.59 Å². The number of amides is 1. The number of para-hydroxylation sites is 1. The molecule has 8 nitrogen and oxygen atoms in total. The summed E-state index contributed by atoms with van der Waals surface area (Å²) < 4.78 is 15.7. The van der Waals surface area contributed by atoms with Crippen LogP contribution in [0.3, 0.4) is 0 Å². The lowest BCUT2D eigenvalue weighted by atomic mass is 9.94. The molecule has 0 saturated carbocycles. The number of carbonyl (C=O) groups is 2. The molecule has 0 bridgehead atoms. The van der Waals surface area contributed by atoms with Crippen molar-refractivity contribution in [3.05, 3.63) is 77.1 Å². The molecule has 2 aromatic carbocycles. The molecule has 1 fully saturated rings. The van der Waals surface area contributed by atoms with Gasteiger partial charge in [0.1, 0.15) is 29.1 Å². The van der Waals surface area contributed by atoms with Gasteiger partial charge in [0.15, 0.2) is 5.82 Å². The molecular formula is C23H20N2O6. The predicted molar refractivity (Wildman–Crippen MR) is 112 cm³/mol. The number of aromatic nitrogens is 1. The minimum atomic E-state index is -0.956. The zero-order valence-electron chi connectivity index (χ0n) is 17.2. The number of benzene rings is 2. The van der Waals surface area contributed by atoms with Crippen LogP contribution in [0.2, 0.25) is 0 Å². The van der Waals surface area contributed by atoms with E-state index in [-0.39, 0.29) is 17.2 Å². The number of carbonyl (C=O) groups excluding carboxylic acids is 2. The van der Waals surface area contributed by atoms with Gasteiger partial charge in [0.05, 0.1) is 19.8 Å². The lowest BCUT2D eigenvalue weighted by Gasteiger charge is -2.24. The summed E-state index contributed by atoms with van der Waals surface area (Å²) >= 11 is 0. The van der Waals surface area contributed by atoms with E-state index in [2.05, 4.69) is 5.16 Å². The minimum Gasteiger partial charge on any atom is -0.507 e. The number of anilines is 1. The van der Waals surface area contributed by atoms with Crippen LogP contribution in [0.4, 0.5) is 5.82 Å². The van der Waals surface area contributed by atoms with Crippen molar-refractivity contribution in [3.8, 4) is 11.5 Å². The molecule has 0 spiro atoms. The Kier molecular flexibility index (Phi) is 5.21. The van der Waals surface area contributed by atoms with E-state index >= 15 is 0 Å². The highest BCUT2D eigenvalue weighted by molar-refractivity contribution is 6.51. The third kappa shape index (κ3) is 3.42. The smallest absolute Gasteiger partial charge is 0.301 e. The molecule has 1 N–H and O–H groups in total. The first kappa shape index (κ1) is 20.2. The Hall–Kier alpha value is -4.07. The number of nitrogens with zero attached hydrogens (tertiary/aromatic N) is 2. The van der Waals surface area contributed by atoms with Crippen molar-refractivity contribution in [1.82, 2.24) is 5.16 Å². The monoisotopic (exact) mass is 420 g/mol. The maximum Gasteiger partial charge on any atom is 0.301 e. The highest BCUT2D eigenvalue weighted by atomic mass is 16.5. The number of ketones is 1. The Morgan fingerprint density at radius 1 is 1.06 bits per heavy atom. The maximum atomic E-state index is 13.1. The third-order valence-electron chi connectivity index (χ3n) is 5.10. The van der Waals surface area contributed by atoms with Crippen LogP contribution in [0.25, 0.3) is 5.76 Å². The number of aliphatic hydroxyl groups is 1. The Morgan fingerprint density at radius 3 is 2.39 bits per heavy atom. The number of rotatable bonds is 5. The lowest BCUT2D eigenvalue weighted by molar-refractivity contribution is -0.132. The molecule has 1 amide bonds. The molecule has 31 heavy (non-hydrogen) atoms. The second-order valence-electron chi connectivity index (χ2n) is 6.94. The summed E-state index contributed by atoms with van der Waals surface area (Å²) in [6.45, 7) is 1.68. The Morgan fingerprint density at radius 2 is 1.77 bits per heavy atom. The van der Waals surface area contributed by atoms with Crippen molar-refractivity contribution in [2.75, 3.05) is 19.1 Å². The standard InChI is InChI=1S/C23H20N2O6/c1-13-12-18(24-31-13)25-20(16-6-4-5-7-17(16)30-3)19(22(27)23(25)28)21(26)14-8-10-15(29-2)11-9-14/h4-12,20,26H,1-3H3. The largest absolute Gasteiger partial charge is 0.507 e. The zero-order chi connectivity index (χ0) is 22.1. The molecule has 1 aromatic heterocycles. The number of hydrogen-bond acceptors (Lipinski definition) is 7. The van der Waals surface area contributed by atoms with Crippen molar-refractivity contribution in [2.24, 2.45) is 0 Å². The molecule has 2 heterocycles. The Balaban J connectivity index is 1.95. The van der Waals surface area contributed by atoms with E-state index in [4.69, 9.17) is 14.0 Å². The van der Waals surface area contributed by atoms with Gasteiger partial charge in [0, 0.05) is 17.2 Å². The van der Waals surface area contributed by atoms with E-state index in [1.54, 1.807) is 61.5 Å². The van der Waals surface area contributed by atoms with E-state index < -0.39 is 17.7 Å². The number of ether oxygens (including phenoxy) is 2. The number of aliphatic hydroxyl groups excluding tert-OH is 1. The summed E-state index contributed by atoms with van der Waals surface area (Å²) in [5.74, 6) is -0.254. The summed E-state index contributed by atoms with van der Waals surface area (Å²) in [4.78, 5) is 27.3. The van der Waals surface area contributed by atoms with Gasteiger partial charge in [-0.2, -0.15) is 0 Å². The SMILES string of the molecule is COc1ccc(C(O)=C2C(=O)C(=O)N(c3cc(C)on3)C2c2ccccc2OC)cc1. The minimum absolute atomic E-state index is 0.0691. The molecule has 1 unspecified atom stereocenters. The normalized spacial score (nSPS) is 17.8. The molecule has 0 radical (unpaired) electrons. The second kappa shape index (κ2) is 7.98. The van der Waals surface area contributed by atoms with Crippen molar-refractivity contribution in [1.29, 1.82) is 0 Å². The fourth-order valence-corrected chi connectivity index (χ4v) is 3.63. The van der Waals surface area contributed by atoms with E-state index in [9.17, 15) is 14.7 Å². The van der Waals surface area contributed by atoms with Crippen LogP contribution in [0.1, 0.15) is 22.9 Å². The maximum absolute atomic E-state index is 13.1. The molecule has 1 aliphatic rings. The fourth-order valence-electron chi connectivity index (χ4n) is 3.63. The van der Waals surface area contributed by atoms with E-state index in [0.29, 0.717) is 28.4 Å². The summed E-state index contributed by atoms with van der Waals surface area (Å²) in [6.07, 6.45) is 0. The second-order valence-corrected chi connectivity index (χ2v) is 6.94. The molecule has 0 aliphatic carbocycles. The average Bonchev–Trinajstić information content (AvgIpc) is 3.33. The van der Waals surface area contributed by atoms with Crippen molar-refractivity contribution < 1.29 is 28.7 Å². The van der Waals surface area contributed by atoms with Crippen molar-refractivity contribution in [3.63, 3.8) is 0 Å². The van der Waals surface area contributed by atoms with E-state index in [1.807, 2.05) is 0 Å². The van der Waals surface area contributed by atoms with Gasteiger partial charge in [-0.1, -0.05) is 23.4 Å². The summed E-state index contributed by atoms with van der Waals surface area (Å²) in [5.41, 5.74) is 0.829. The zero-order valence-corrected chi connectivity index (χ0v) is 17.2. The predicted octanol–water partition coefficient (Wildman–Crippen LogP) is 3.63. The molecule has 1 atom stereocenters. The topological polar surface area (TPSA) is 102 Å². The highest BCUT2D eigenvalue weighted by Gasteiger charge is 2.49. The Bertz CT molecular complexity index is 1180. The highest BCUT2D eigenvalue weighted by Crippen LogP contribution is 2.44. The molecule has 3 aromatic rings. The van der Waals surface area contributed by atoms with Gasteiger partial charge >= 0.3 is 5.91 Å². The summed E-state index contributed by atoms with van der Waals surface area (Å²) in [7, 11) is 3.02. The first-order valence-electron chi connectivity index (χ1n) is 9.48. The van der Waals surface area contributed by atoms with Gasteiger partial charge in [-0.15, -0.1) is 0 Å². The van der Waals surface area contributed by atoms with Gasteiger partial charge in [-0.3, -0.25) is 14.5 Å². The van der Waals surface area contributed by atoms with Crippen LogP contribution in [0, 0.1) is 6.92 Å². The average molecular weight is 420 g/mol. The van der Waals surface area contributed by atoms with E-state index in [1.165, 1.54) is 19.1 Å². The summed E-state index contributed by atoms with van der Waals surface area (Å²) in [6, 6.07) is 14.1. The van der Waals surface area contributed by atoms with Crippen molar-refractivity contribution in [2.45, 2.75) is 13.0 Å². The van der Waals surface area contributed by atoms with Gasteiger partial charge in [-0.25, -0.2) is 0 Å². The number of hydrogen-bond donors (Lipinski definition) is 1. The molecule has 1 saturated heterocycles. The van der Waals surface area contributed by atoms with Crippen LogP contribution in [0.5, 0.6) is 11.5 Å².